The number of ether oxygens (including phenoxy) is 4. The average molecular weight is 1330 g/mol. The van der Waals surface area contributed by atoms with E-state index in [0.717, 1.165) is 123 Å². The lowest BCUT2D eigenvalue weighted by molar-refractivity contribution is -0.141. The van der Waals surface area contributed by atoms with Crippen molar-refractivity contribution in [2.75, 3.05) is 27.4 Å². The Morgan fingerprint density at radius 1 is 0.755 bits per heavy atom. The van der Waals surface area contributed by atoms with E-state index in [0.29, 0.717) is 81.7 Å². The number of benzene rings is 2. The summed E-state index contributed by atoms with van der Waals surface area (Å²) in [6.07, 6.45) is 23.7. The number of aldehydes is 1. The van der Waals surface area contributed by atoms with Crippen molar-refractivity contribution < 1.29 is 89.7 Å². The molecule has 10 rings (SSSR count). The highest BCUT2D eigenvalue weighted by Gasteiger charge is 2.33. The Hall–Kier alpha value is -9.59. The van der Waals surface area contributed by atoms with E-state index >= 15 is 0 Å². The SMILES string of the molecule is C#Cc1ccccc1.C=CCCCC#CCCC(=O)C(=[N+]=[N-])C(=O)OC.C=CCCCc1oc(OC)c2c1C(=O)CC2.CCOC(=O)C(Cl)Cl.CCOC(=O)c1occ2c1CCC2=O.O=C1CCC(=O)C1.O=C1CCc2oc(-c3ccccc3)cc21.O=CC1CCCC1=O. The second kappa shape index (κ2) is 44.0. The van der Waals surface area contributed by atoms with Gasteiger partial charge in [0.25, 0.3) is 11.7 Å². The summed E-state index contributed by atoms with van der Waals surface area (Å²) < 4.78 is 34.9. The number of alkyl halides is 2. The lowest BCUT2D eigenvalue weighted by Gasteiger charge is -1.98. The molecule has 5 aliphatic carbocycles. The zero-order valence-corrected chi connectivity index (χ0v) is 54.9. The van der Waals surface area contributed by atoms with Crippen molar-refractivity contribution in [1.29, 1.82) is 0 Å². The van der Waals surface area contributed by atoms with E-state index < -0.39 is 34.2 Å². The predicted molar refractivity (Wildman–Crippen MR) is 351 cm³/mol. The normalized spacial score (nSPS) is 13.9. The molecule has 5 aliphatic rings. The number of rotatable bonds is 18. The Morgan fingerprint density at radius 2 is 1.36 bits per heavy atom. The number of furan rings is 3. The number of fused-ring (bicyclic) bond motifs is 3. The number of hydrogen-bond donors (Lipinski definition) is 0. The van der Waals surface area contributed by atoms with Crippen LogP contribution in [-0.2, 0) is 73.5 Å². The van der Waals surface area contributed by atoms with Gasteiger partial charge in [0.1, 0.15) is 47.2 Å². The van der Waals surface area contributed by atoms with Crippen molar-refractivity contribution >= 4 is 93.6 Å². The number of aryl methyl sites for hydroxylation is 2. The van der Waals surface area contributed by atoms with Crippen LogP contribution >= 0.6 is 23.2 Å². The molecule has 0 radical (unpaired) electrons. The van der Waals surface area contributed by atoms with E-state index in [1.165, 1.54) is 6.26 Å². The molecule has 2 aromatic carbocycles. The molecular formula is C72H78Cl2N2O18. The van der Waals surface area contributed by atoms with Crippen LogP contribution in [0.15, 0.2) is 112 Å². The maximum absolute atomic E-state index is 11.7. The van der Waals surface area contributed by atoms with Crippen LogP contribution in [-0.4, -0.2) is 107 Å². The third kappa shape index (κ3) is 26.6. The zero-order chi connectivity index (χ0) is 69.4. The monoisotopic (exact) mass is 1330 g/mol. The third-order valence-electron chi connectivity index (χ3n) is 14.0. The molecule has 3 heterocycles. The van der Waals surface area contributed by atoms with Crippen molar-refractivity contribution in [3.05, 3.63) is 154 Å². The largest absolute Gasteiger partial charge is 0.468 e. The fourth-order valence-corrected chi connectivity index (χ4v) is 9.36. The lowest BCUT2D eigenvalue weighted by atomic mass is 10.1. The number of hydrogen-bond acceptors (Lipinski definition) is 18. The number of methoxy groups -OCH3 is 2. The lowest BCUT2D eigenvalue weighted by Crippen LogP contribution is -2.26. The Labute approximate surface area is 557 Å². The van der Waals surface area contributed by atoms with E-state index in [4.69, 9.17) is 57.9 Å². The van der Waals surface area contributed by atoms with E-state index in [-0.39, 0.29) is 59.2 Å². The van der Waals surface area contributed by atoms with Crippen LogP contribution in [0.1, 0.15) is 186 Å². The number of allylic oxidation sites excluding steroid dienone is 2. The van der Waals surface area contributed by atoms with Gasteiger partial charge in [-0.1, -0.05) is 89.8 Å². The van der Waals surface area contributed by atoms with Crippen molar-refractivity contribution in [3.8, 4) is 41.5 Å². The summed E-state index contributed by atoms with van der Waals surface area (Å²) in [5, 5.41) is 0. The fraction of sp³-hybridized carbons (Fsp3) is 0.389. The van der Waals surface area contributed by atoms with E-state index in [1.807, 2.05) is 78.9 Å². The molecule has 0 saturated heterocycles. The van der Waals surface area contributed by atoms with E-state index in [1.54, 1.807) is 21.0 Å². The van der Waals surface area contributed by atoms with Crippen LogP contribution < -0.4 is 4.74 Å². The smallest absolute Gasteiger partial charge is 0.441 e. The molecule has 1 atom stereocenters. The first kappa shape index (κ1) is 78.7. The van der Waals surface area contributed by atoms with Crippen molar-refractivity contribution in [2.45, 2.75) is 147 Å². The molecule has 22 heteroatoms. The number of Topliss-reactive ketones (excluding diaryl/α,β-unsaturated/α-hetero) is 7. The van der Waals surface area contributed by atoms with Gasteiger partial charge in [0.15, 0.2) is 17.3 Å². The minimum Gasteiger partial charge on any atom is -0.468 e. The van der Waals surface area contributed by atoms with Gasteiger partial charge < -0.3 is 42.5 Å². The van der Waals surface area contributed by atoms with Crippen LogP contribution in [0.4, 0.5) is 0 Å². The first-order chi connectivity index (χ1) is 45.3. The summed E-state index contributed by atoms with van der Waals surface area (Å²) in [7, 11) is 2.69. The van der Waals surface area contributed by atoms with Gasteiger partial charge in [-0.3, -0.25) is 33.6 Å². The number of carbonyl (C=O) groups is 11. The molecule has 0 amide bonds. The summed E-state index contributed by atoms with van der Waals surface area (Å²) >= 11 is 10.2. The van der Waals surface area contributed by atoms with Crippen LogP contribution in [0.2, 0.25) is 0 Å². The Balaban J connectivity index is 0.000000286. The van der Waals surface area contributed by atoms with Crippen LogP contribution in [0.5, 0.6) is 5.95 Å². The number of ketones is 7. The molecule has 94 heavy (non-hydrogen) atoms. The molecule has 3 aromatic heterocycles. The molecule has 0 bridgehead atoms. The minimum atomic E-state index is -1.05. The number of nitrogens with zero attached hydrogens (tertiary/aromatic N) is 2. The van der Waals surface area contributed by atoms with Gasteiger partial charge in [0, 0.05) is 92.9 Å². The predicted octanol–water partition coefficient (Wildman–Crippen LogP) is 13.0. The quantitative estimate of drug-likeness (QED) is 0.00672. The molecule has 5 aromatic rings. The Kier molecular flexibility index (Phi) is 36.9. The van der Waals surface area contributed by atoms with Gasteiger partial charge in [0.05, 0.1) is 56.5 Å². The van der Waals surface area contributed by atoms with Gasteiger partial charge in [0.2, 0.25) is 10.6 Å². The fourth-order valence-electron chi connectivity index (χ4n) is 9.23. The molecule has 2 saturated carbocycles. The molecule has 498 valence electrons. The van der Waals surface area contributed by atoms with Crippen LogP contribution in [0, 0.1) is 30.1 Å². The van der Waals surface area contributed by atoms with Crippen molar-refractivity contribution in [1.82, 2.24) is 0 Å². The number of terminal acetylenes is 1. The Bertz CT molecular complexity index is 3570. The van der Waals surface area contributed by atoms with Crippen molar-refractivity contribution in [2.24, 2.45) is 5.92 Å². The summed E-state index contributed by atoms with van der Waals surface area (Å²) in [6.45, 7) is 11.3. The van der Waals surface area contributed by atoms with E-state index in [2.05, 4.69) is 45.2 Å². The first-order valence-corrected chi connectivity index (χ1v) is 31.4. The second-order valence-electron chi connectivity index (χ2n) is 20.6. The molecular weight excluding hydrogens is 1250 g/mol. The maximum atomic E-state index is 11.7. The highest BCUT2D eigenvalue weighted by Crippen LogP contribution is 2.37. The van der Waals surface area contributed by atoms with Gasteiger partial charge in [-0.15, -0.1) is 31.4 Å². The summed E-state index contributed by atoms with van der Waals surface area (Å²) in [6, 6.07) is 21.3. The zero-order valence-electron chi connectivity index (χ0n) is 53.4. The highest BCUT2D eigenvalue weighted by molar-refractivity contribution is 6.62. The number of halogens is 2. The number of esters is 3. The Morgan fingerprint density at radius 3 is 1.87 bits per heavy atom. The molecule has 2 fully saturated rings. The van der Waals surface area contributed by atoms with Crippen LogP contribution in [0.25, 0.3) is 16.9 Å². The van der Waals surface area contributed by atoms with Crippen molar-refractivity contribution in [3.63, 3.8) is 0 Å². The molecule has 0 spiro atoms. The average Bonchev–Trinajstić information content (AvgIpc) is 1.66. The molecule has 0 aliphatic heterocycles. The topological polar surface area (TPSA) is 301 Å². The standard InChI is InChI=1S/C13H16N2O3.C13H16O3.C13H10O2.C10H10O4.C8H6.C6H8O2.C5H6O2.C4H6Cl2O2/c1-3-4-5-6-7-8-9-10-11(16)12(15-14)13(17)18-2;1-3-4-5-6-11-12-9(7-8-10(12)14)13(15-2)16-11;14-11-6-7-12-10(11)8-13(15-12)9-4-2-1-3-5-9;1-2-13-10(12)9-6-3-4-8(11)7(6)5-14-9;1-2-8-6-4-3-5-7-8;7-4-5-2-1-3-6(5)8;6-4-1-2-5(7)3-4;1-2-8-4(7)3(5)6/h3H,1,4-6,9-10H2,2H3;3H,1,4-8H2,2H3;1-5,8H,6-7H2;5H,2-4H2,1H3;1,3-7H;4-5H,1-3H2;1-3H2;3H,2H2,1H3. The first-order valence-electron chi connectivity index (χ1n) is 30.5. The summed E-state index contributed by atoms with van der Waals surface area (Å²) in [5.41, 5.74) is 13.6. The van der Waals surface area contributed by atoms with Gasteiger partial charge >= 0.3 is 23.6 Å². The molecule has 20 nitrogen and oxygen atoms in total. The maximum Gasteiger partial charge on any atom is 0.441 e. The minimum absolute atomic E-state index is 0.0307. The third-order valence-corrected chi connectivity index (χ3v) is 14.3. The summed E-state index contributed by atoms with van der Waals surface area (Å²) in [4.78, 5) is 121. The van der Waals surface area contributed by atoms with E-state index in [9.17, 15) is 52.7 Å². The number of unbranched alkanes of at least 4 members (excludes halogenated alkanes) is 3. The van der Waals surface area contributed by atoms with Gasteiger partial charge in [-0.2, -0.15) is 4.79 Å². The highest BCUT2D eigenvalue weighted by atomic mass is 35.5. The molecule has 1 unspecified atom stereocenters. The van der Waals surface area contributed by atoms with Gasteiger partial charge in [-0.25, -0.2) is 14.4 Å². The van der Waals surface area contributed by atoms with Gasteiger partial charge in [-0.05, 0) is 83.4 Å². The summed E-state index contributed by atoms with van der Waals surface area (Å²) in [5.74, 6) is 9.31. The van der Waals surface area contributed by atoms with Crippen LogP contribution in [0.3, 0.4) is 0 Å². The second-order valence-corrected chi connectivity index (χ2v) is 21.7. The number of carbonyl (C=O) groups excluding carboxylic acids is 11. The molecule has 0 N–H and O–H groups in total.